The molecule has 7 heavy (non-hydrogen) atoms. The van der Waals surface area contributed by atoms with Gasteiger partial charge in [0, 0.05) is 13.5 Å². The van der Waals surface area contributed by atoms with Gasteiger partial charge < -0.3 is 0 Å². The molecule has 3 nitrogen and oxygen atoms in total. The van der Waals surface area contributed by atoms with Gasteiger partial charge in [-0.2, -0.15) is 0 Å². The number of carbonyl (C=O) groups is 1. The summed E-state index contributed by atoms with van der Waals surface area (Å²) in [7, 11) is 0. The summed E-state index contributed by atoms with van der Waals surface area (Å²) in [6.07, 6.45) is 0. The third kappa shape index (κ3) is 2.17. The SMILES string of the molecule is [CH2]C(=O)N(O)CC. The Bertz CT molecular complexity index is 72.1. The summed E-state index contributed by atoms with van der Waals surface area (Å²) < 4.78 is 0. The lowest BCUT2D eigenvalue weighted by Crippen LogP contribution is -2.23. The zero-order valence-corrected chi connectivity index (χ0v) is 4.22. The normalized spacial score (nSPS) is 8.43. The average molecular weight is 102 g/mol. The van der Waals surface area contributed by atoms with Gasteiger partial charge in [0.1, 0.15) is 0 Å². The van der Waals surface area contributed by atoms with Crippen LogP contribution >= 0.6 is 0 Å². The Morgan fingerprint density at radius 1 is 2.00 bits per heavy atom. The van der Waals surface area contributed by atoms with E-state index in [9.17, 15) is 4.79 Å². The van der Waals surface area contributed by atoms with Crippen molar-refractivity contribution in [3.8, 4) is 0 Å². The van der Waals surface area contributed by atoms with Gasteiger partial charge in [0.2, 0.25) is 5.91 Å². The van der Waals surface area contributed by atoms with Crippen LogP contribution in [0, 0.1) is 6.92 Å². The number of hydroxylamine groups is 2. The van der Waals surface area contributed by atoms with Crippen LogP contribution in [0.1, 0.15) is 6.92 Å². The predicted octanol–water partition coefficient (Wildman–Crippen LogP) is 0.0582. The number of nitrogens with zero attached hydrogens (tertiary/aromatic N) is 1. The van der Waals surface area contributed by atoms with Crippen LogP contribution in [-0.2, 0) is 4.79 Å². The van der Waals surface area contributed by atoms with E-state index in [4.69, 9.17) is 5.21 Å². The quantitative estimate of drug-likeness (QED) is 0.375. The topological polar surface area (TPSA) is 40.5 Å². The highest BCUT2D eigenvalue weighted by atomic mass is 16.5. The molecular weight excluding hydrogens is 94.0 g/mol. The molecule has 41 valence electrons. The van der Waals surface area contributed by atoms with E-state index < -0.39 is 5.91 Å². The molecule has 0 fully saturated rings. The minimum absolute atomic E-state index is 0.294. The van der Waals surface area contributed by atoms with E-state index in [2.05, 4.69) is 6.92 Å². The van der Waals surface area contributed by atoms with Crippen LogP contribution in [0.5, 0.6) is 0 Å². The van der Waals surface area contributed by atoms with Crippen molar-refractivity contribution >= 4 is 5.91 Å². The van der Waals surface area contributed by atoms with Crippen LogP contribution in [0.25, 0.3) is 0 Å². The molecule has 0 aromatic carbocycles. The molecule has 0 aromatic rings. The first-order chi connectivity index (χ1) is 3.18. The lowest BCUT2D eigenvalue weighted by molar-refractivity contribution is -0.158. The first-order valence-electron chi connectivity index (χ1n) is 2.00. The van der Waals surface area contributed by atoms with Crippen molar-refractivity contribution in [1.82, 2.24) is 5.06 Å². The number of amides is 1. The number of carbonyl (C=O) groups excluding carboxylic acids is 1. The third-order valence-electron chi connectivity index (χ3n) is 0.587. The highest BCUT2D eigenvalue weighted by Gasteiger charge is 1.96. The number of rotatable bonds is 1. The van der Waals surface area contributed by atoms with E-state index in [1.54, 1.807) is 6.92 Å². The lowest BCUT2D eigenvalue weighted by Gasteiger charge is -2.06. The maximum atomic E-state index is 9.94. The summed E-state index contributed by atoms with van der Waals surface area (Å²) in [4.78, 5) is 9.94. The minimum Gasteiger partial charge on any atom is -0.286 e. The Balaban J connectivity index is 3.34. The van der Waals surface area contributed by atoms with Crippen LogP contribution in [-0.4, -0.2) is 22.7 Å². The van der Waals surface area contributed by atoms with Crippen molar-refractivity contribution in [2.45, 2.75) is 6.92 Å². The fraction of sp³-hybridized carbons (Fsp3) is 0.500. The molecule has 1 radical (unpaired) electrons. The first-order valence-corrected chi connectivity index (χ1v) is 2.00. The molecule has 0 unspecified atom stereocenters. The summed E-state index contributed by atoms with van der Waals surface area (Å²) in [5, 5.41) is 8.90. The molecule has 0 aliphatic heterocycles. The summed E-state index contributed by atoms with van der Waals surface area (Å²) in [6, 6.07) is 0. The first kappa shape index (κ1) is 6.43. The van der Waals surface area contributed by atoms with Gasteiger partial charge in [-0.1, -0.05) is 0 Å². The second kappa shape index (κ2) is 2.58. The molecule has 3 heteroatoms. The maximum Gasteiger partial charge on any atom is 0.246 e. The summed E-state index contributed by atoms with van der Waals surface area (Å²) in [5.41, 5.74) is 0. The van der Waals surface area contributed by atoms with E-state index in [1.165, 1.54) is 0 Å². The van der Waals surface area contributed by atoms with Crippen LogP contribution in [0.15, 0.2) is 0 Å². The molecule has 0 saturated heterocycles. The lowest BCUT2D eigenvalue weighted by atomic mass is 10.6. The van der Waals surface area contributed by atoms with Crippen molar-refractivity contribution in [2.24, 2.45) is 0 Å². The van der Waals surface area contributed by atoms with Crippen molar-refractivity contribution in [2.75, 3.05) is 6.54 Å². The molecule has 1 amide bonds. The van der Waals surface area contributed by atoms with Gasteiger partial charge in [-0.05, 0) is 6.92 Å². The molecule has 0 rings (SSSR count). The zero-order chi connectivity index (χ0) is 5.86. The second-order valence-corrected chi connectivity index (χ2v) is 1.11. The van der Waals surface area contributed by atoms with E-state index >= 15 is 0 Å². The Morgan fingerprint density at radius 2 is 2.43 bits per heavy atom. The number of hydrogen-bond acceptors (Lipinski definition) is 2. The molecule has 0 spiro atoms. The van der Waals surface area contributed by atoms with Gasteiger partial charge in [0.05, 0.1) is 0 Å². The van der Waals surface area contributed by atoms with Crippen LogP contribution in [0.2, 0.25) is 0 Å². The summed E-state index contributed by atoms with van der Waals surface area (Å²) in [5.74, 6) is -0.567. The molecule has 0 aliphatic rings. The van der Waals surface area contributed by atoms with Crippen molar-refractivity contribution < 1.29 is 10.0 Å². The van der Waals surface area contributed by atoms with E-state index in [0.29, 0.717) is 11.6 Å². The highest BCUT2D eigenvalue weighted by molar-refractivity contribution is 5.78. The van der Waals surface area contributed by atoms with E-state index in [0.717, 1.165) is 0 Å². The van der Waals surface area contributed by atoms with Gasteiger partial charge in [-0.3, -0.25) is 10.0 Å². The second-order valence-electron chi connectivity index (χ2n) is 1.11. The molecule has 0 atom stereocenters. The van der Waals surface area contributed by atoms with Crippen molar-refractivity contribution in [1.29, 1.82) is 0 Å². The summed E-state index contributed by atoms with van der Waals surface area (Å²) >= 11 is 0. The molecule has 0 aromatic heterocycles. The van der Waals surface area contributed by atoms with Gasteiger partial charge in [-0.25, -0.2) is 5.06 Å². The number of hydrogen-bond donors (Lipinski definition) is 1. The molecule has 1 N–H and O–H groups in total. The van der Waals surface area contributed by atoms with Crippen LogP contribution in [0.3, 0.4) is 0 Å². The molecule has 0 bridgehead atoms. The monoisotopic (exact) mass is 102 g/mol. The minimum atomic E-state index is -0.567. The average Bonchev–Trinajstić information content (AvgIpc) is 1.65. The highest BCUT2D eigenvalue weighted by Crippen LogP contribution is 1.76. The van der Waals surface area contributed by atoms with Crippen LogP contribution in [0.4, 0.5) is 0 Å². The van der Waals surface area contributed by atoms with Gasteiger partial charge in [0.15, 0.2) is 0 Å². The van der Waals surface area contributed by atoms with Crippen LogP contribution < -0.4 is 0 Å². The Morgan fingerprint density at radius 3 is 2.43 bits per heavy atom. The Kier molecular flexibility index (Phi) is 2.37. The van der Waals surface area contributed by atoms with Gasteiger partial charge in [-0.15, -0.1) is 0 Å². The van der Waals surface area contributed by atoms with Crippen molar-refractivity contribution in [3.63, 3.8) is 0 Å². The zero-order valence-electron chi connectivity index (χ0n) is 4.22. The molecule has 0 aliphatic carbocycles. The fourth-order valence-electron chi connectivity index (χ4n) is 0.176. The Labute approximate surface area is 42.5 Å². The van der Waals surface area contributed by atoms with Crippen molar-refractivity contribution in [3.05, 3.63) is 6.92 Å². The summed E-state index contributed by atoms with van der Waals surface area (Å²) in [6.45, 7) is 4.90. The van der Waals surface area contributed by atoms with E-state index in [1.807, 2.05) is 0 Å². The molecule has 0 heterocycles. The Hall–Kier alpha value is -0.570. The molecule has 0 saturated carbocycles. The third-order valence-corrected chi connectivity index (χ3v) is 0.587. The van der Waals surface area contributed by atoms with Gasteiger partial charge in [0.25, 0.3) is 0 Å². The fourth-order valence-corrected chi connectivity index (χ4v) is 0.176. The largest absolute Gasteiger partial charge is 0.286 e. The smallest absolute Gasteiger partial charge is 0.246 e. The van der Waals surface area contributed by atoms with E-state index in [-0.39, 0.29) is 0 Å². The van der Waals surface area contributed by atoms with Gasteiger partial charge >= 0.3 is 0 Å². The maximum absolute atomic E-state index is 9.94. The predicted molar refractivity (Wildman–Crippen MR) is 24.5 cm³/mol. The standard InChI is InChI=1S/C4H8NO2/c1-3-5(7)4(2)6/h7H,2-3H2,1H3. The molecular formula is C4H8NO2.